The molecule has 0 aliphatic carbocycles. The zero-order chi connectivity index (χ0) is 15.2. The van der Waals surface area contributed by atoms with Crippen LogP contribution in [0.3, 0.4) is 0 Å². The van der Waals surface area contributed by atoms with E-state index in [1.165, 1.54) is 0 Å². The van der Waals surface area contributed by atoms with Gasteiger partial charge in [0.15, 0.2) is 5.78 Å². The fraction of sp³-hybridized carbons (Fsp3) is 0.188. The van der Waals surface area contributed by atoms with E-state index in [0.29, 0.717) is 22.9 Å². The first-order valence-corrected chi connectivity index (χ1v) is 7.46. The van der Waals surface area contributed by atoms with Crippen LogP contribution in [0.1, 0.15) is 15.9 Å². The van der Waals surface area contributed by atoms with Crippen LogP contribution in [0.5, 0.6) is 5.75 Å². The highest BCUT2D eigenvalue weighted by Gasteiger charge is 2.09. The number of carbonyl (C=O) groups is 1. The van der Waals surface area contributed by atoms with Crippen molar-refractivity contribution in [3.05, 3.63) is 63.1 Å². The van der Waals surface area contributed by atoms with Crippen molar-refractivity contribution in [2.45, 2.75) is 6.61 Å². The number of rotatable bonds is 6. The molecule has 0 aliphatic heterocycles. The van der Waals surface area contributed by atoms with Crippen LogP contribution in [-0.2, 0) is 11.3 Å². The standard InChI is InChI=1S/C16H14BrClO3/c1-20-16-7-4-12(8-14(16)17)15(19)10-21-9-11-2-5-13(18)6-3-11/h2-8H,9-10H2,1H3. The Morgan fingerprint density at radius 1 is 1.19 bits per heavy atom. The van der Waals surface area contributed by atoms with Crippen molar-refractivity contribution in [1.29, 1.82) is 0 Å². The summed E-state index contributed by atoms with van der Waals surface area (Å²) in [6, 6.07) is 12.5. The van der Waals surface area contributed by atoms with Gasteiger partial charge in [-0.1, -0.05) is 23.7 Å². The number of benzene rings is 2. The number of halogens is 2. The zero-order valence-electron chi connectivity index (χ0n) is 11.4. The molecular weight excluding hydrogens is 356 g/mol. The van der Waals surface area contributed by atoms with E-state index in [2.05, 4.69) is 15.9 Å². The van der Waals surface area contributed by atoms with Crippen molar-refractivity contribution in [1.82, 2.24) is 0 Å². The van der Waals surface area contributed by atoms with Gasteiger partial charge in [0, 0.05) is 10.6 Å². The maximum Gasteiger partial charge on any atom is 0.188 e. The van der Waals surface area contributed by atoms with Crippen LogP contribution in [0.2, 0.25) is 5.02 Å². The van der Waals surface area contributed by atoms with Gasteiger partial charge < -0.3 is 9.47 Å². The van der Waals surface area contributed by atoms with E-state index in [0.717, 1.165) is 10.0 Å². The quantitative estimate of drug-likeness (QED) is 0.703. The first kappa shape index (κ1) is 16.0. The van der Waals surface area contributed by atoms with Crippen LogP contribution in [0.25, 0.3) is 0 Å². The first-order valence-electron chi connectivity index (χ1n) is 6.29. The summed E-state index contributed by atoms with van der Waals surface area (Å²) >= 11 is 9.16. The highest BCUT2D eigenvalue weighted by atomic mass is 79.9. The summed E-state index contributed by atoms with van der Waals surface area (Å²) in [5.41, 5.74) is 1.56. The van der Waals surface area contributed by atoms with E-state index in [9.17, 15) is 4.79 Å². The minimum Gasteiger partial charge on any atom is -0.496 e. The van der Waals surface area contributed by atoms with E-state index in [4.69, 9.17) is 21.1 Å². The summed E-state index contributed by atoms with van der Waals surface area (Å²) < 4.78 is 11.3. The average Bonchev–Trinajstić information content (AvgIpc) is 2.49. The molecule has 2 rings (SSSR count). The maximum absolute atomic E-state index is 12.0. The molecule has 0 atom stereocenters. The van der Waals surface area contributed by atoms with Crippen LogP contribution in [0, 0.1) is 0 Å². The van der Waals surface area contributed by atoms with Gasteiger partial charge in [-0.15, -0.1) is 0 Å². The lowest BCUT2D eigenvalue weighted by Crippen LogP contribution is -2.09. The van der Waals surface area contributed by atoms with Gasteiger partial charge in [-0.25, -0.2) is 0 Å². The van der Waals surface area contributed by atoms with Crippen molar-refractivity contribution >= 4 is 33.3 Å². The monoisotopic (exact) mass is 368 g/mol. The van der Waals surface area contributed by atoms with Gasteiger partial charge in [-0.05, 0) is 51.8 Å². The average molecular weight is 370 g/mol. The molecule has 0 unspecified atom stereocenters. The first-order chi connectivity index (χ1) is 10.1. The largest absolute Gasteiger partial charge is 0.496 e. The number of ether oxygens (including phenoxy) is 2. The van der Waals surface area contributed by atoms with E-state index in [-0.39, 0.29) is 12.4 Å². The molecule has 0 saturated carbocycles. The van der Waals surface area contributed by atoms with E-state index in [1.807, 2.05) is 12.1 Å². The van der Waals surface area contributed by atoms with Crippen LogP contribution in [0.4, 0.5) is 0 Å². The molecule has 0 fully saturated rings. The Morgan fingerprint density at radius 2 is 1.90 bits per heavy atom. The molecule has 0 amide bonds. The number of hydrogen-bond donors (Lipinski definition) is 0. The lowest BCUT2D eigenvalue weighted by molar-refractivity contribution is 0.0726. The second kappa shape index (κ2) is 7.59. The third-order valence-electron chi connectivity index (χ3n) is 2.89. The Kier molecular flexibility index (Phi) is 5.79. The van der Waals surface area contributed by atoms with Crippen LogP contribution in [-0.4, -0.2) is 19.5 Å². The lowest BCUT2D eigenvalue weighted by atomic mass is 10.1. The van der Waals surface area contributed by atoms with E-state index in [1.54, 1.807) is 37.4 Å². The fourth-order valence-corrected chi connectivity index (χ4v) is 2.43. The maximum atomic E-state index is 12.0. The molecule has 21 heavy (non-hydrogen) atoms. The summed E-state index contributed by atoms with van der Waals surface area (Å²) in [5, 5.41) is 0.679. The van der Waals surface area contributed by atoms with Gasteiger partial charge in [0.2, 0.25) is 0 Å². The molecule has 0 heterocycles. The molecule has 5 heteroatoms. The van der Waals surface area contributed by atoms with Crippen molar-refractivity contribution in [2.24, 2.45) is 0 Å². The predicted octanol–water partition coefficient (Wildman–Crippen LogP) is 4.51. The summed E-state index contributed by atoms with van der Waals surface area (Å²) in [5.74, 6) is 0.612. The Labute approximate surface area is 137 Å². The SMILES string of the molecule is COc1ccc(C(=O)COCc2ccc(Cl)cc2)cc1Br. The van der Waals surface area contributed by atoms with Crippen molar-refractivity contribution in [3.8, 4) is 5.75 Å². The molecule has 0 aliphatic rings. The molecule has 2 aromatic carbocycles. The number of carbonyl (C=O) groups excluding carboxylic acids is 1. The molecule has 0 aromatic heterocycles. The van der Waals surface area contributed by atoms with Gasteiger partial charge >= 0.3 is 0 Å². The second-order valence-electron chi connectivity index (χ2n) is 4.39. The molecular formula is C16H14BrClO3. The molecule has 0 saturated heterocycles. The highest BCUT2D eigenvalue weighted by molar-refractivity contribution is 9.10. The van der Waals surface area contributed by atoms with Crippen molar-refractivity contribution in [2.75, 3.05) is 13.7 Å². The molecule has 0 radical (unpaired) electrons. The van der Waals surface area contributed by atoms with E-state index >= 15 is 0 Å². The van der Waals surface area contributed by atoms with Crippen molar-refractivity contribution in [3.63, 3.8) is 0 Å². The Balaban J connectivity index is 1.89. The normalized spacial score (nSPS) is 10.4. The predicted molar refractivity (Wildman–Crippen MR) is 86.1 cm³/mol. The number of Topliss-reactive ketones (excluding diaryl/α,β-unsaturated/α-hetero) is 1. The summed E-state index contributed by atoms with van der Waals surface area (Å²) in [7, 11) is 1.58. The van der Waals surface area contributed by atoms with Crippen LogP contribution < -0.4 is 4.74 Å². The third kappa shape index (κ3) is 4.56. The lowest BCUT2D eigenvalue weighted by Gasteiger charge is -2.07. The van der Waals surface area contributed by atoms with Gasteiger partial charge in [-0.2, -0.15) is 0 Å². The smallest absolute Gasteiger partial charge is 0.188 e. The molecule has 110 valence electrons. The molecule has 0 N–H and O–H groups in total. The summed E-state index contributed by atoms with van der Waals surface area (Å²) in [6.45, 7) is 0.404. The second-order valence-corrected chi connectivity index (χ2v) is 5.68. The minimum absolute atomic E-state index is 0.0292. The Morgan fingerprint density at radius 3 is 2.52 bits per heavy atom. The van der Waals surface area contributed by atoms with Gasteiger partial charge in [-0.3, -0.25) is 4.79 Å². The molecule has 2 aromatic rings. The van der Waals surface area contributed by atoms with E-state index < -0.39 is 0 Å². The summed E-state index contributed by atoms with van der Waals surface area (Å²) in [4.78, 5) is 12.0. The number of methoxy groups -OCH3 is 1. The molecule has 3 nitrogen and oxygen atoms in total. The number of hydrogen-bond acceptors (Lipinski definition) is 3. The van der Waals surface area contributed by atoms with Crippen LogP contribution in [0.15, 0.2) is 46.9 Å². The minimum atomic E-state index is -0.0766. The molecule has 0 spiro atoms. The Hall–Kier alpha value is -1.36. The molecule has 0 bridgehead atoms. The zero-order valence-corrected chi connectivity index (χ0v) is 13.8. The van der Waals surface area contributed by atoms with Gasteiger partial charge in [0.1, 0.15) is 12.4 Å². The number of ketones is 1. The van der Waals surface area contributed by atoms with Crippen LogP contribution >= 0.6 is 27.5 Å². The van der Waals surface area contributed by atoms with Gasteiger partial charge in [0.25, 0.3) is 0 Å². The highest BCUT2D eigenvalue weighted by Crippen LogP contribution is 2.25. The summed E-state index contributed by atoms with van der Waals surface area (Å²) in [6.07, 6.45) is 0. The Bertz CT molecular complexity index is 626. The third-order valence-corrected chi connectivity index (χ3v) is 3.76. The topological polar surface area (TPSA) is 35.5 Å². The fourth-order valence-electron chi connectivity index (χ4n) is 1.77. The van der Waals surface area contributed by atoms with Gasteiger partial charge in [0.05, 0.1) is 18.2 Å². The van der Waals surface area contributed by atoms with Crippen molar-refractivity contribution < 1.29 is 14.3 Å².